The Hall–Kier alpha value is -2.79. The lowest BCUT2D eigenvalue weighted by Gasteiger charge is -2.41. The number of ether oxygens (including phenoxy) is 1. The first-order valence-electron chi connectivity index (χ1n) is 9.92. The van der Waals surface area contributed by atoms with Crippen LogP contribution in [0.15, 0.2) is 54.7 Å². The van der Waals surface area contributed by atoms with E-state index in [4.69, 9.17) is 9.72 Å². The Bertz CT molecular complexity index is 1010. The van der Waals surface area contributed by atoms with E-state index < -0.39 is 5.41 Å². The van der Waals surface area contributed by atoms with Crippen LogP contribution in [-0.4, -0.2) is 40.5 Å². The minimum absolute atomic E-state index is 0.221. The number of aromatic nitrogens is 2. The van der Waals surface area contributed by atoms with E-state index in [0.29, 0.717) is 26.3 Å². The van der Waals surface area contributed by atoms with Crippen LogP contribution in [0.3, 0.4) is 0 Å². The Morgan fingerprint density at radius 1 is 1.07 bits per heavy atom. The zero-order chi connectivity index (χ0) is 19.0. The third kappa shape index (κ3) is 2.87. The number of nitrogens with zero attached hydrogens (tertiary/aromatic N) is 3. The molecule has 1 amide bonds. The van der Waals surface area contributed by atoms with Crippen molar-refractivity contribution in [1.29, 1.82) is 0 Å². The summed E-state index contributed by atoms with van der Waals surface area (Å²) in [5.74, 6) is 0.221. The van der Waals surface area contributed by atoms with Crippen LogP contribution in [0, 0.1) is 0 Å². The van der Waals surface area contributed by atoms with Crippen molar-refractivity contribution < 1.29 is 9.53 Å². The molecule has 0 bridgehead atoms. The zero-order valence-electron chi connectivity index (χ0n) is 15.8. The molecule has 1 aromatic carbocycles. The fourth-order valence-corrected chi connectivity index (χ4v) is 4.54. The quantitative estimate of drug-likeness (QED) is 0.692. The van der Waals surface area contributed by atoms with Crippen LogP contribution in [0.4, 0.5) is 0 Å². The molecule has 0 aliphatic carbocycles. The van der Waals surface area contributed by atoms with Gasteiger partial charge in [-0.15, -0.1) is 0 Å². The van der Waals surface area contributed by atoms with E-state index in [1.165, 1.54) is 0 Å². The highest BCUT2D eigenvalue weighted by molar-refractivity contribution is 5.89. The van der Waals surface area contributed by atoms with Gasteiger partial charge in [-0.05, 0) is 42.2 Å². The van der Waals surface area contributed by atoms with Crippen LogP contribution in [0.25, 0.3) is 11.0 Å². The van der Waals surface area contributed by atoms with E-state index in [-0.39, 0.29) is 5.91 Å². The Balaban J connectivity index is 1.48. The molecule has 4 heterocycles. The predicted molar refractivity (Wildman–Crippen MR) is 107 cm³/mol. The maximum Gasteiger partial charge on any atom is 0.233 e. The van der Waals surface area contributed by atoms with Gasteiger partial charge in [0.2, 0.25) is 5.91 Å². The molecule has 0 unspecified atom stereocenters. The highest BCUT2D eigenvalue weighted by Gasteiger charge is 2.44. The van der Waals surface area contributed by atoms with Crippen molar-refractivity contribution in [3.63, 3.8) is 0 Å². The normalized spacial score (nSPS) is 18.6. The summed E-state index contributed by atoms with van der Waals surface area (Å²) in [5, 5.41) is 1.03. The van der Waals surface area contributed by atoms with Crippen molar-refractivity contribution in [2.24, 2.45) is 0 Å². The molecular formula is C23H23N3O2. The molecule has 0 N–H and O–H groups in total. The van der Waals surface area contributed by atoms with Gasteiger partial charge in [0.15, 0.2) is 5.65 Å². The lowest BCUT2D eigenvalue weighted by molar-refractivity contribution is -0.142. The van der Waals surface area contributed by atoms with E-state index in [0.717, 1.165) is 47.1 Å². The third-order valence-corrected chi connectivity index (χ3v) is 6.11. The largest absolute Gasteiger partial charge is 0.381 e. The van der Waals surface area contributed by atoms with E-state index >= 15 is 0 Å². The highest BCUT2D eigenvalue weighted by Crippen LogP contribution is 2.38. The van der Waals surface area contributed by atoms with E-state index in [1.807, 2.05) is 35.2 Å². The summed E-state index contributed by atoms with van der Waals surface area (Å²) in [5.41, 5.74) is 3.61. The number of carbonyl (C=O) groups excluding carboxylic acids is 1. The topological polar surface area (TPSA) is 55.3 Å². The number of fused-ring (bicyclic) bond motifs is 2. The molecule has 0 atom stereocenters. The van der Waals surface area contributed by atoms with Gasteiger partial charge in [0.1, 0.15) is 0 Å². The highest BCUT2D eigenvalue weighted by atomic mass is 16.5. The second-order valence-electron chi connectivity index (χ2n) is 7.68. The Morgan fingerprint density at radius 2 is 1.89 bits per heavy atom. The number of hydrogen-bond acceptors (Lipinski definition) is 4. The first-order chi connectivity index (χ1) is 13.8. The summed E-state index contributed by atoms with van der Waals surface area (Å²) in [4.78, 5) is 24.9. The summed E-state index contributed by atoms with van der Waals surface area (Å²) < 4.78 is 5.60. The van der Waals surface area contributed by atoms with Crippen LogP contribution in [0.5, 0.6) is 0 Å². The number of benzene rings is 1. The molecule has 0 saturated carbocycles. The predicted octanol–water partition coefficient (Wildman–Crippen LogP) is 3.26. The molecular weight excluding hydrogens is 350 g/mol. The SMILES string of the molecule is O=C(N1CCc2nc3ncccc3cc2C1)C1(c2ccccc2)CCOCC1. The summed E-state index contributed by atoms with van der Waals surface area (Å²) in [6, 6.07) is 16.3. The van der Waals surface area contributed by atoms with Crippen molar-refractivity contribution in [3.8, 4) is 0 Å². The van der Waals surface area contributed by atoms with Gasteiger partial charge in [-0.1, -0.05) is 30.3 Å². The number of pyridine rings is 2. The minimum Gasteiger partial charge on any atom is -0.381 e. The first-order valence-corrected chi connectivity index (χ1v) is 9.92. The first kappa shape index (κ1) is 17.3. The fraction of sp³-hybridized carbons (Fsp3) is 0.348. The van der Waals surface area contributed by atoms with Gasteiger partial charge >= 0.3 is 0 Å². The molecule has 0 radical (unpaired) electrons. The average Bonchev–Trinajstić information content (AvgIpc) is 2.78. The molecule has 1 fully saturated rings. The number of amides is 1. The van der Waals surface area contributed by atoms with E-state index in [1.54, 1.807) is 6.20 Å². The lowest BCUT2D eigenvalue weighted by atomic mass is 9.72. The van der Waals surface area contributed by atoms with Gasteiger partial charge in [-0.2, -0.15) is 0 Å². The Kier molecular flexibility index (Phi) is 4.32. The van der Waals surface area contributed by atoms with Crippen molar-refractivity contribution in [3.05, 3.63) is 71.5 Å². The van der Waals surface area contributed by atoms with Crippen LogP contribution in [0.2, 0.25) is 0 Å². The number of hydrogen-bond donors (Lipinski definition) is 0. The van der Waals surface area contributed by atoms with Gasteiger partial charge in [-0.25, -0.2) is 9.97 Å². The van der Waals surface area contributed by atoms with Gasteiger partial charge in [0.25, 0.3) is 0 Å². The fourth-order valence-electron chi connectivity index (χ4n) is 4.54. The maximum absolute atomic E-state index is 13.8. The van der Waals surface area contributed by atoms with Crippen LogP contribution >= 0.6 is 0 Å². The molecule has 142 valence electrons. The third-order valence-electron chi connectivity index (χ3n) is 6.11. The van der Waals surface area contributed by atoms with E-state index in [9.17, 15) is 4.79 Å². The summed E-state index contributed by atoms with van der Waals surface area (Å²) in [6.45, 7) is 2.57. The Morgan fingerprint density at radius 3 is 2.71 bits per heavy atom. The van der Waals surface area contributed by atoms with Crippen molar-refractivity contribution in [2.75, 3.05) is 19.8 Å². The van der Waals surface area contributed by atoms with Crippen molar-refractivity contribution in [1.82, 2.24) is 14.9 Å². The van der Waals surface area contributed by atoms with Crippen LogP contribution in [0.1, 0.15) is 29.7 Å². The van der Waals surface area contributed by atoms with Gasteiger partial charge in [-0.3, -0.25) is 4.79 Å². The molecule has 5 nitrogen and oxygen atoms in total. The Labute approximate surface area is 164 Å². The second-order valence-corrected chi connectivity index (χ2v) is 7.68. The summed E-state index contributed by atoms with van der Waals surface area (Å²) >= 11 is 0. The molecule has 1 saturated heterocycles. The number of rotatable bonds is 2. The summed E-state index contributed by atoms with van der Waals surface area (Å²) in [7, 11) is 0. The van der Waals surface area contributed by atoms with E-state index in [2.05, 4.69) is 23.2 Å². The average molecular weight is 373 g/mol. The molecule has 2 aliphatic heterocycles. The molecule has 2 aromatic heterocycles. The zero-order valence-corrected chi connectivity index (χ0v) is 15.8. The van der Waals surface area contributed by atoms with Gasteiger partial charge < -0.3 is 9.64 Å². The van der Waals surface area contributed by atoms with Crippen LogP contribution in [-0.2, 0) is 27.9 Å². The minimum atomic E-state index is -0.483. The lowest BCUT2D eigenvalue weighted by Crippen LogP contribution is -2.51. The molecule has 0 spiro atoms. The maximum atomic E-state index is 13.8. The molecule has 5 rings (SSSR count). The smallest absolute Gasteiger partial charge is 0.233 e. The standard InChI is InChI=1S/C23H23N3O2/c27-22(23(9-13-28-14-10-23)19-6-2-1-3-7-19)26-12-8-20-18(16-26)15-17-5-4-11-24-21(17)25-20/h1-7,11,15H,8-10,12-14,16H2. The molecule has 3 aromatic rings. The second kappa shape index (κ2) is 6.99. The molecule has 28 heavy (non-hydrogen) atoms. The molecule has 2 aliphatic rings. The van der Waals surface area contributed by atoms with Crippen molar-refractivity contribution in [2.45, 2.75) is 31.2 Å². The van der Waals surface area contributed by atoms with Gasteiger partial charge in [0.05, 0.1) is 5.41 Å². The van der Waals surface area contributed by atoms with Gasteiger partial charge in [0, 0.05) is 50.0 Å². The number of carbonyl (C=O) groups is 1. The molecule has 5 heteroatoms. The van der Waals surface area contributed by atoms with Crippen LogP contribution < -0.4 is 0 Å². The summed E-state index contributed by atoms with van der Waals surface area (Å²) in [6.07, 6.45) is 4.02. The monoisotopic (exact) mass is 373 g/mol. The van der Waals surface area contributed by atoms with Crippen molar-refractivity contribution >= 4 is 16.9 Å².